The van der Waals surface area contributed by atoms with Crippen LogP contribution in [0.1, 0.15) is 5.56 Å². The molecule has 0 radical (unpaired) electrons. The van der Waals surface area contributed by atoms with Crippen LogP contribution in [-0.2, 0) is 20.9 Å². The van der Waals surface area contributed by atoms with E-state index in [0.29, 0.717) is 0 Å². The molecule has 0 bridgehead atoms. The normalized spacial score (nSPS) is 11.8. The number of carboxylic acid groups (broad SMARTS) is 1. The lowest BCUT2D eigenvalue weighted by atomic mass is 10.2. The van der Waals surface area contributed by atoms with Gasteiger partial charge < -0.3 is 15.6 Å². The molecule has 0 unspecified atom stereocenters. The van der Waals surface area contributed by atoms with Crippen LogP contribution in [0.3, 0.4) is 0 Å². The summed E-state index contributed by atoms with van der Waals surface area (Å²) in [5.41, 5.74) is 6.10. The third-order valence-electron chi connectivity index (χ3n) is 2.27. The maximum absolute atomic E-state index is 11.3. The summed E-state index contributed by atoms with van der Waals surface area (Å²) in [6, 6.07) is 8.29. The van der Waals surface area contributed by atoms with Gasteiger partial charge in [0.25, 0.3) is 0 Å². The number of aliphatic carboxylic acids is 1. The summed E-state index contributed by atoms with van der Waals surface area (Å²) in [6.45, 7) is -0.0932. The predicted octanol–water partition coefficient (Wildman–Crippen LogP) is -0.269. The minimum Gasteiger partial charge on any atom is -0.480 e. The van der Waals surface area contributed by atoms with Gasteiger partial charge in [0.15, 0.2) is 0 Å². The molecular weight excluding hydrogens is 236 g/mol. The fourth-order valence-electron chi connectivity index (χ4n) is 1.27. The van der Waals surface area contributed by atoms with Crippen molar-refractivity contribution in [2.24, 2.45) is 5.73 Å². The summed E-state index contributed by atoms with van der Waals surface area (Å²) in [4.78, 5) is 22.0. The molecule has 18 heavy (non-hydrogen) atoms. The molecule has 0 aliphatic carbocycles. The monoisotopic (exact) mass is 252 g/mol. The molecule has 6 heteroatoms. The molecule has 1 aromatic carbocycles. The topological polar surface area (TPSA) is 102 Å². The summed E-state index contributed by atoms with van der Waals surface area (Å²) in [5, 5.41) is 11.2. The van der Waals surface area contributed by atoms with Gasteiger partial charge in [-0.1, -0.05) is 30.3 Å². The zero-order valence-electron chi connectivity index (χ0n) is 9.83. The number of benzene rings is 1. The third-order valence-corrected chi connectivity index (χ3v) is 2.27. The molecule has 0 aromatic heterocycles. The lowest BCUT2D eigenvalue weighted by molar-refractivity contribution is -0.144. The zero-order valence-corrected chi connectivity index (χ0v) is 9.83. The Morgan fingerprint density at radius 2 is 2.00 bits per heavy atom. The Hall–Kier alpha value is -1.92. The Morgan fingerprint density at radius 3 is 2.56 bits per heavy atom. The van der Waals surface area contributed by atoms with Crippen LogP contribution in [0.4, 0.5) is 0 Å². The van der Waals surface area contributed by atoms with Gasteiger partial charge in [-0.15, -0.1) is 0 Å². The number of nitrogens with two attached hydrogens (primary N) is 1. The summed E-state index contributed by atoms with van der Waals surface area (Å²) >= 11 is 0. The van der Waals surface area contributed by atoms with Crippen molar-refractivity contribution in [3.8, 4) is 0 Å². The Kier molecular flexibility index (Phi) is 5.83. The molecular formula is C12H16N2O4. The number of hydrogen-bond donors (Lipinski definition) is 3. The van der Waals surface area contributed by atoms with Crippen LogP contribution >= 0.6 is 0 Å². The lowest BCUT2D eigenvalue weighted by Gasteiger charge is -2.11. The van der Waals surface area contributed by atoms with Crippen molar-refractivity contribution in [1.29, 1.82) is 0 Å². The molecule has 1 aromatic rings. The highest BCUT2D eigenvalue weighted by Gasteiger charge is 2.16. The molecule has 98 valence electrons. The van der Waals surface area contributed by atoms with E-state index < -0.39 is 18.0 Å². The fourth-order valence-corrected chi connectivity index (χ4v) is 1.27. The summed E-state index contributed by atoms with van der Waals surface area (Å²) < 4.78 is 4.97. The SMILES string of the molecule is NC[C@@H](NCC(=O)OCc1ccccc1)C(=O)O. The molecule has 0 aliphatic rings. The first kappa shape index (κ1) is 14.1. The van der Waals surface area contributed by atoms with Crippen LogP contribution in [0.2, 0.25) is 0 Å². The Bertz CT molecular complexity index is 394. The fraction of sp³-hybridized carbons (Fsp3) is 0.333. The Morgan fingerprint density at radius 1 is 1.33 bits per heavy atom. The van der Waals surface area contributed by atoms with Crippen molar-refractivity contribution in [2.45, 2.75) is 12.6 Å². The minimum atomic E-state index is -1.09. The van der Waals surface area contributed by atoms with Crippen molar-refractivity contribution < 1.29 is 19.4 Å². The number of carboxylic acids is 1. The van der Waals surface area contributed by atoms with Gasteiger partial charge in [0.2, 0.25) is 0 Å². The van der Waals surface area contributed by atoms with E-state index in [1.807, 2.05) is 30.3 Å². The highest BCUT2D eigenvalue weighted by atomic mass is 16.5. The molecule has 0 fully saturated rings. The second kappa shape index (κ2) is 7.41. The van der Waals surface area contributed by atoms with Gasteiger partial charge in [-0.3, -0.25) is 14.9 Å². The van der Waals surface area contributed by atoms with Crippen molar-refractivity contribution in [2.75, 3.05) is 13.1 Å². The van der Waals surface area contributed by atoms with Crippen molar-refractivity contribution in [3.05, 3.63) is 35.9 Å². The highest BCUT2D eigenvalue weighted by Crippen LogP contribution is 2.00. The number of carbonyl (C=O) groups is 2. The van der Waals surface area contributed by atoms with Gasteiger partial charge in [0, 0.05) is 6.54 Å². The molecule has 0 heterocycles. The number of rotatable bonds is 7. The number of hydrogen-bond acceptors (Lipinski definition) is 5. The molecule has 0 saturated heterocycles. The quantitative estimate of drug-likeness (QED) is 0.577. The first-order valence-electron chi connectivity index (χ1n) is 5.49. The Balaban J connectivity index is 2.28. The molecule has 1 atom stereocenters. The first-order valence-corrected chi connectivity index (χ1v) is 5.49. The van der Waals surface area contributed by atoms with Crippen molar-refractivity contribution >= 4 is 11.9 Å². The molecule has 6 nitrogen and oxygen atoms in total. The summed E-state index contributed by atoms with van der Waals surface area (Å²) in [7, 11) is 0. The standard InChI is InChI=1S/C12H16N2O4/c13-6-10(12(16)17)14-7-11(15)18-8-9-4-2-1-3-5-9/h1-5,10,14H,6-8,13H2,(H,16,17)/t10-/m1/s1. The van der Waals surface area contributed by atoms with E-state index in [9.17, 15) is 9.59 Å². The molecule has 1 rings (SSSR count). The van der Waals surface area contributed by atoms with Crippen LogP contribution in [-0.4, -0.2) is 36.2 Å². The van der Waals surface area contributed by atoms with Gasteiger partial charge in [0.1, 0.15) is 12.6 Å². The second-order valence-electron chi connectivity index (χ2n) is 3.65. The third kappa shape index (κ3) is 4.94. The summed E-state index contributed by atoms with van der Waals surface area (Å²) in [6.07, 6.45) is 0. The largest absolute Gasteiger partial charge is 0.480 e. The molecule has 4 N–H and O–H groups in total. The van der Waals surface area contributed by atoms with Crippen molar-refractivity contribution in [1.82, 2.24) is 5.32 Å². The number of esters is 1. The van der Waals surface area contributed by atoms with Crippen LogP contribution < -0.4 is 11.1 Å². The number of ether oxygens (including phenoxy) is 1. The smallest absolute Gasteiger partial charge is 0.322 e. The zero-order chi connectivity index (χ0) is 13.4. The van der Waals surface area contributed by atoms with Crippen LogP contribution in [0.15, 0.2) is 30.3 Å². The maximum atomic E-state index is 11.3. The molecule has 0 amide bonds. The highest BCUT2D eigenvalue weighted by molar-refractivity contribution is 5.76. The molecule has 0 aliphatic heterocycles. The van der Waals surface area contributed by atoms with Crippen LogP contribution in [0.25, 0.3) is 0 Å². The van der Waals surface area contributed by atoms with Crippen LogP contribution in [0, 0.1) is 0 Å². The van der Waals surface area contributed by atoms with E-state index in [4.69, 9.17) is 15.6 Å². The molecule has 0 spiro atoms. The van der Waals surface area contributed by atoms with E-state index in [1.165, 1.54) is 0 Å². The lowest BCUT2D eigenvalue weighted by Crippen LogP contribution is -2.45. The maximum Gasteiger partial charge on any atom is 0.322 e. The Labute approximate surface area is 105 Å². The second-order valence-corrected chi connectivity index (χ2v) is 3.65. The van der Waals surface area contributed by atoms with Gasteiger partial charge >= 0.3 is 11.9 Å². The van der Waals surface area contributed by atoms with Gasteiger partial charge in [0.05, 0.1) is 6.54 Å². The molecule has 0 saturated carbocycles. The van der Waals surface area contributed by atoms with Crippen LogP contribution in [0.5, 0.6) is 0 Å². The van der Waals surface area contributed by atoms with Crippen molar-refractivity contribution in [3.63, 3.8) is 0 Å². The first-order chi connectivity index (χ1) is 8.63. The minimum absolute atomic E-state index is 0.0820. The summed E-state index contributed by atoms with van der Waals surface area (Å²) in [5.74, 6) is -1.60. The van der Waals surface area contributed by atoms with E-state index in [1.54, 1.807) is 0 Å². The predicted molar refractivity (Wildman–Crippen MR) is 64.7 cm³/mol. The van der Waals surface area contributed by atoms with E-state index >= 15 is 0 Å². The number of carbonyl (C=O) groups excluding carboxylic acids is 1. The average molecular weight is 252 g/mol. The van der Waals surface area contributed by atoms with E-state index in [-0.39, 0.29) is 19.7 Å². The van der Waals surface area contributed by atoms with Gasteiger partial charge in [-0.2, -0.15) is 0 Å². The van der Waals surface area contributed by atoms with E-state index in [2.05, 4.69) is 5.32 Å². The average Bonchev–Trinajstić information content (AvgIpc) is 2.38. The van der Waals surface area contributed by atoms with E-state index in [0.717, 1.165) is 5.56 Å². The number of nitrogens with one attached hydrogen (secondary N) is 1. The van der Waals surface area contributed by atoms with Gasteiger partial charge in [-0.25, -0.2) is 0 Å². The van der Waals surface area contributed by atoms with Gasteiger partial charge in [-0.05, 0) is 5.56 Å².